The van der Waals surface area contributed by atoms with E-state index < -0.39 is 0 Å². The van der Waals surface area contributed by atoms with Crippen LogP contribution >= 0.6 is 0 Å². The number of hydrogen-bond donors (Lipinski definition) is 0. The average Bonchev–Trinajstić information content (AvgIpc) is 3.49. The third-order valence-electron chi connectivity index (χ3n) is 8.50. The monoisotopic (exact) mass is 575 g/mol. The van der Waals surface area contributed by atoms with Gasteiger partial charge in [-0.15, -0.1) is 0 Å². The van der Waals surface area contributed by atoms with E-state index in [-0.39, 0.29) is 0 Å². The van der Waals surface area contributed by atoms with Crippen molar-refractivity contribution in [1.29, 1.82) is 0 Å². The smallest absolute Gasteiger partial charge is 0.164 e. The summed E-state index contributed by atoms with van der Waals surface area (Å²) < 4.78 is 6.08. The number of aromatic nitrogens is 3. The van der Waals surface area contributed by atoms with Gasteiger partial charge in [-0.2, -0.15) is 0 Å². The van der Waals surface area contributed by atoms with Gasteiger partial charge in [-0.3, -0.25) is 0 Å². The minimum atomic E-state index is 0.644. The third kappa shape index (κ3) is 4.43. The van der Waals surface area contributed by atoms with Gasteiger partial charge in [0.2, 0.25) is 0 Å². The topological polar surface area (TPSA) is 51.8 Å². The highest BCUT2D eigenvalue weighted by atomic mass is 16.3. The van der Waals surface area contributed by atoms with Crippen LogP contribution in [0.25, 0.3) is 88.8 Å². The lowest BCUT2D eigenvalue weighted by Crippen LogP contribution is -2.00. The predicted molar refractivity (Wildman–Crippen MR) is 184 cm³/mol. The van der Waals surface area contributed by atoms with Gasteiger partial charge < -0.3 is 4.42 Å². The lowest BCUT2D eigenvalue weighted by atomic mass is 9.96. The second-order valence-electron chi connectivity index (χ2n) is 11.3. The Morgan fingerprint density at radius 2 is 0.956 bits per heavy atom. The Kier molecular flexibility index (Phi) is 5.78. The molecule has 0 saturated carbocycles. The summed E-state index contributed by atoms with van der Waals surface area (Å²) in [5, 5.41) is 6.87. The van der Waals surface area contributed by atoms with Crippen LogP contribution in [0.3, 0.4) is 0 Å². The molecule has 0 aliphatic heterocycles. The van der Waals surface area contributed by atoms with Gasteiger partial charge in [-0.1, -0.05) is 121 Å². The van der Waals surface area contributed by atoms with E-state index in [1.54, 1.807) is 0 Å². The summed E-state index contributed by atoms with van der Waals surface area (Å²) in [6.07, 6.45) is 0. The largest absolute Gasteiger partial charge is 0.456 e. The molecule has 4 nitrogen and oxygen atoms in total. The molecule has 0 unspecified atom stereocenters. The zero-order valence-corrected chi connectivity index (χ0v) is 24.2. The molecule has 0 spiro atoms. The van der Waals surface area contributed by atoms with Crippen molar-refractivity contribution in [3.63, 3.8) is 0 Å². The normalized spacial score (nSPS) is 11.6. The number of para-hydroxylation sites is 1. The van der Waals surface area contributed by atoms with Crippen LogP contribution in [0.4, 0.5) is 0 Å². The number of nitrogens with zero attached hydrogens (tertiary/aromatic N) is 3. The summed E-state index contributed by atoms with van der Waals surface area (Å²) in [6.45, 7) is 0. The van der Waals surface area contributed by atoms with Crippen molar-refractivity contribution in [3.05, 3.63) is 152 Å². The first kappa shape index (κ1) is 25.4. The fourth-order valence-electron chi connectivity index (χ4n) is 6.25. The summed E-state index contributed by atoms with van der Waals surface area (Å²) in [6, 6.07) is 52.4. The minimum Gasteiger partial charge on any atom is -0.456 e. The minimum absolute atomic E-state index is 0.644. The molecule has 0 radical (unpaired) electrons. The standard InChI is InChI=1S/C41H25N3O/c1-2-10-27(11-3-1)39-42-40(31-18-17-26-9-4-5-12-28(26)23-31)44-41(43-39)32-19-21-34-29(24-32)13-8-15-33(34)30-20-22-38-36(25-30)35-14-6-7-16-37(35)45-38/h1-25H. The van der Waals surface area contributed by atoms with E-state index in [1.807, 2.05) is 42.5 Å². The Hall–Kier alpha value is -6.13. The van der Waals surface area contributed by atoms with E-state index in [0.717, 1.165) is 55.0 Å². The van der Waals surface area contributed by atoms with E-state index in [4.69, 9.17) is 19.4 Å². The summed E-state index contributed by atoms with van der Waals surface area (Å²) >= 11 is 0. The molecule has 0 N–H and O–H groups in total. The molecule has 9 rings (SSSR count). The molecule has 0 aliphatic carbocycles. The van der Waals surface area contributed by atoms with Crippen LogP contribution in [0.2, 0.25) is 0 Å². The zero-order valence-electron chi connectivity index (χ0n) is 24.2. The molecule has 9 aromatic rings. The van der Waals surface area contributed by atoms with Gasteiger partial charge in [-0.05, 0) is 63.0 Å². The van der Waals surface area contributed by atoms with Crippen molar-refractivity contribution in [2.24, 2.45) is 0 Å². The number of fused-ring (bicyclic) bond motifs is 5. The van der Waals surface area contributed by atoms with Crippen LogP contribution in [0.5, 0.6) is 0 Å². The molecule has 4 heteroatoms. The van der Waals surface area contributed by atoms with Crippen molar-refractivity contribution < 1.29 is 4.42 Å². The Labute approximate surface area is 259 Å². The van der Waals surface area contributed by atoms with Crippen LogP contribution in [0.15, 0.2) is 156 Å². The molecular weight excluding hydrogens is 550 g/mol. The highest BCUT2D eigenvalue weighted by Crippen LogP contribution is 2.36. The van der Waals surface area contributed by atoms with E-state index >= 15 is 0 Å². The molecule has 2 aromatic heterocycles. The molecule has 0 atom stereocenters. The molecule has 210 valence electrons. The van der Waals surface area contributed by atoms with Gasteiger partial charge >= 0.3 is 0 Å². The van der Waals surface area contributed by atoms with Gasteiger partial charge in [0, 0.05) is 27.5 Å². The van der Waals surface area contributed by atoms with Crippen LogP contribution < -0.4 is 0 Å². The van der Waals surface area contributed by atoms with Crippen molar-refractivity contribution in [2.75, 3.05) is 0 Å². The van der Waals surface area contributed by atoms with Gasteiger partial charge in [0.25, 0.3) is 0 Å². The highest BCUT2D eigenvalue weighted by Gasteiger charge is 2.15. The van der Waals surface area contributed by atoms with Crippen molar-refractivity contribution in [2.45, 2.75) is 0 Å². The predicted octanol–water partition coefficient (Wildman–Crippen LogP) is 10.7. The zero-order chi connectivity index (χ0) is 29.7. The first-order valence-corrected chi connectivity index (χ1v) is 15.0. The van der Waals surface area contributed by atoms with Gasteiger partial charge in [0.15, 0.2) is 17.5 Å². The van der Waals surface area contributed by atoms with E-state index in [9.17, 15) is 0 Å². The first-order chi connectivity index (χ1) is 22.3. The van der Waals surface area contributed by atoms with Crippen molar-refractivity contribution in [3.8, 4) is 45.3 Å². The van der Waals surface area contributed by atoms with Crippen molar-refractivity contribution in [1.82, 2.24) is 15.0 Å². The highest BCUT2D eigenvalue weighted by molar-refractivity contribution is 6.08. The van der Waals surface area contributed by atoms with Gasteiger partial charge in [0.05, 0.1) is 0 Å². The molecule has 0 amide bonds. The van der Waals surface area contributed by atoms with E-state index in [0.29, 0.717) is 17.5 Å². The van der Waals surface area contributed by atoms with Gasteiger partial charge in [0.1, 0.15) is 11.2 Å². The Morgan fingerprint density at radius 1 is 0.333 bits per heavy atom. The summed E-state index contributed by atoms with van der Waals surface area (Å²) in [7, 11) is 0. The fraction of sp³-hybridized carbons (Fsp3) is 0. The number of furan rings is 1. The molecule has 0 fully saturated rings. The third-order valence-corrected chi connectivity index (χ3v) is 8.50. The molecule has 7 aromatic carbocycles. The second kappa shape index (κ2) is 10.2. The Morgan fingerprint density at radius 3 is 1.80 bits per heavy atom. The number of rotatable bonds is 4. The van der Waals surface area contributed by atoms with Crippen LogP contribution in [0, 0.1) is 0 Å². The molecule has 0 saturated heterocycles. The fourth-order valence-corrected chi connectivity index (χ4v) is 6.25. The quantitative estimate of drug-likeness (QED) is 0.209. The van der Waals surface area contributed by atoms with E-state index in [1.165, 1.54) is 16.3 Å². The summed E-state index contributed by atoms with van der Waals surface area (Å²) in [5.74, 6) is 1.95. The SMILES string of the molecule is c1ccc(-c2nc(-c3ccc4ccccc4c3)nc(-c3ccc4c(-c5ccc6oc7ccccc7c6c5)cccc4c3)n2)cc1. The Balaban J connectivity index is 1.18. The molecule has 45 heavy (non-hydrogen) atoms. The first-order valence-electron chi connectivity index (χ1n) is 15.0. The lowest BCUT2D eigenvalue weighted by molar-refractivity contribution is 0.669. The van der Waals surface area contributed by atoms with Gasteiger partial charge in [-0.25, -0.2) is 15.0 Å². The summed E-state index contributed by atoms with van der Waals surface area (Å²) in [4.78, 5) is 14.9. The average molecular weight is 576 g/mol. The number of hydrogen-bond acceptors (Lipinski definition) is 4. The molecule has 2 heterocycles. The second-order valence-corrected chi connectivity index (χ2v) is 11.3. The molecule has 0 bridgehead atoms. The van der Waals surface area contributed by atoms with Crippen LogP contribution in [-0.2, 0) is 0 Å². The maximum Gasteiger partial charge on any atom is 0.164 e. The summed E-state index contributed by atoms with van der Waals surface area (Å²) in [5.41, 5.74) is 6.98. The maximum atomic E-state index is 6.08. The molecular formula is C41H25N3O. The van der Waals surface area contributed by atoms with Crippen molar-refractivity contribution >= 4 is 43.5 Å². The van der Waals surface area contributed by atoms with Crippen LogP contribution in [0.1, 0.15) is 0 Å². The van der Waals surface area contributed by atoms with E-state index in [2.05, 4.69) is 109 Å². The van der Waals surface area contributed by atoms with Crippen LogP contribution in [-0.4, -0.2) is 15.0 Å². The lowest BCUT2D eigenvalue weighted by Gasteiger charge is -2.11. The number of benzene rings is 7. The Bertz CT molecular complexity index is 2550. The maximum absolute atomic E-state index is 6.08. The molecule has 0 aliphatic rings.